The molecule has 66 heavy (non-hydrogen) atoms. The number of benzene rings is 6. The van der Waals surface area contributed by atoms with Gasteiger partial charge in [0.15, 0.2) is 0 Å². The molecule has 0 aliphatic carbocycles. The Balaban J connectivity index is 0.00000360. The van der Waals surface area contributed by atoms with Crippen molar-refractivity contribution in [1.82, 2.24) is 19.9 Å². The van der Waals surface area contributed by atoms with E-state index in [9.17, 15) is 25.9 Å². The molecule has 0 amide bonds. The van der Waals surface area contributed by atoms with Crippen LogP contribution < -0.4 is 31.9 Å². The van der Waals surface area contributed by atoms with Gasteiger partial charge in [0.25, 0.3) is 20.2 Å². The molecule has 8 rings (SSSR count). The van der Waals surface area contributed by atoms with Gasteiger partial charge in [-0.15, -0.1) is 0 Å². The number of rotatable bonds is 16. The van der Waals surface area contributed by atoms with Crippen molar-refractivity contribution in [2.45, 2.75) is 9.79 Å². The molecule has 8 aromatic rings. The van der Waals surface area contributed by atoms with Crippen LogP contribution in [0.4, 0.5) is 69.3 Å². The van der Waals surface area contributed by atoms with Gasteiger partial charge >= 0.3 is 0 Å². The van der Waals surface area contributed by atoms with Crippen molar-refractivity contribution >= 4 is 161 Å². The molecule has 2 aromatic heterocycles. The molecule has 2 radical (unpaired) electrons. The van der Waals surface area contributed by atoms with Gasteiger partial charge in [-0.25, -0.2) is 0 Å². The Morgan fingerprint density at radius 3 is 0.879 bits per heavy atom. The average molecular weight is 937 g/mol. The quantitative estimate of drug-likeness (QED) is 0.0256. The topological polar surface area (TPSA) is 232 Å². The van der Waals surface area contributed by atoms with Crippen LogP contribution in [0.5, 0.6) is 0 Å². The first-order valence-corrected chi connectivity index (χ1v) is 22.3. The Morgan fingerprint density at radius 2 is 0.621 bits per heavy atom. The summed E-state index contributed by atoms with van der Waals surface area (Å²) in [7, 11) is -9.67. The molecule has 20 heteroatoms. The molecule has 0 fully saturated rings. The molecule has 0 unspecified atom stereocenters. The van der Waals surface area contributed by atoms with Gasteiger partial charge in [0.2, 0.25) is 11.9 Å². The summed E-state index contributed by atoms with van der Waals surface area (Å²) in [6.45, 7) is 0. The second kappa shape index (κ2) is 22.4. The second-order valence-electron chi connectivity index (χ2n) is 13.9. The minimum Gasteiger partial charge on any atom is -0.340 e. The summed E-state index contributed by atoms with van der Waals surface area (Å²) in [5.74, 6) is 1.92. The Hall–Kier alpha value is -6.16. The van der Waals surface area contributed by atoms with E-state index in [-0.39, 0.29) is 93.5 Å². The van der Waals surface area contributed by atoms with Crippen molar-refractivity contribution in [3.05, 3.63) is 181 Å². The molecular weight excluding hydrogens is 899 g/mol. The van der Waals surface area contributed by atoms with E-state index in [0.717, 1.165) is 22.7 Å². The fraction of sp³-hybridized carbons (Fsp3) is 0. The van der Waals surface area contributed by atoms with Crippen LogP contribution in [0.25, 0.3) is 12.2 Å². The maximum absolute atomic E-state index is 12.8. The van der Waals surface area contributed by atoms with Crippen molar-refractivity contribution in [3.8, 4) is 0 Å². The number of nitrogens with one attached hydrogen (secondary N) is 6. The molecule has 0 bridgehead atoms. The van der Waals surface area contributed by atoms with Crippen LogP contribution in [0.1, 0.15) is 11.1 Å². The zero-order valence-electron chi connectivity index (χ0n) is 35.5. The van der Waals surface area contributed by atoms with Crippen LogP contribution in [0, 0.1) is 0 Å². The first-order chi connectivity index (χ1) is 30.9. The summed E-state index contributed by atoms with van der Waals surface area (Å²) in [5, 5.41) is 19.0. The van der Waals surface area contributed by atoms with Gasteiger partial charge in [-0.1, -0.05) is 97.1 Å². The van der Waals surface area contributed by atoms with E-state index in [0.29, 0.717) is 23.3 Å². The Morgan fingerprint density at radius 1 is 0.348 bits per heavy atom. The summed E-state index contributed by atoms with van der Waals surface area (Å²) in [6.07, 6.45) is 2.60. The largest absolute Gasteiger partial charge is 0.340 e. The van der Waals surface area contributed by atoms with Crippen LogP contribution in [0.15, 0.2) is 180 Å². The normalized spacial score (nSPS) is 11.1. The first-order valence-electron chi connectivity index (χ1n) is 19.4. The van der Waals surface area contributed by atoms with Gasteiger partial charge in [0, 0.05) is 105 Å². The summed E-state index contributed by atoms with van der Waals surface area (Å²) in [5.41, 5.74) is 3.54. The molecule has 16 nitrogen and oxygen atoms in total. The Bertz CT molecular complexity index is 2850. The van der Waals surface area contributed by atoms with E-state index < -0.39 is 30.0 Å². The average Bonchev–Trinajstić information content (AvgIpc) is 3.27. The zero-order valence-corrected chi connectivity index (χ0v) is 41.1. The summed E-state index contributed by atoms with van der Waals surface area (Å²) in [4.78, 5) is 17.3. The van der Waals surface area contributed by atoms with E-state index >= 15 is 0 Å². The van der Waals surface area contributed by atoms with E-state index in [4.69, 9.17) is 0 Å². The minimum atomic E-state index is -4.84. The molecule has 6 aromatic carbocycles. The van der Waals surface area contributed by atoms with Crippen molar-refractivity contribution < 1.29 is 25.9 Å². The van der Waals surface area contributed by atoms with Gasteiger partial charge in [-0.2, -0.15) is 36.8 Å². The third-order valence-electron chi connectivity index (χ3n) is 9.17. The van der Waals surface area contributed by atoms with Crippen LogP contribution >= 0.6 is 0 Å². The molecular formula is C46H38N10Na2O6S2. The fourth-order valence-corrected chi connectivity index (χ4v) is 7.74. The Kier molecular flexibility index (Phi) is 16.7. The summed E-state index contributed by atoms with van der Waals surface area (Å²) >= 11 is 0. The summed E-state index contributed by atoms with van der Waals surface area (Å²) in [6, 6.07) is 49.2. The van der Waals surface area contributed by atoms with Crippen LogP contribution in [-0.4, -0.2) is 105 Å². The van der Waals surface area contributed by atoms with Crippen LogP contribution in [0.3, 0.4) is 0 Å². The predicted molar refractivity (Wildman–Crippen MR) is 262 cm³/mol. The number of aromatic nitrogens is 4. The number of hydrogen-bond acceptors (Lipinski definition) is 14. The molecule has 0 saturated carbocycles. The first kappa shape index (κ1) is 49.3. The predicted octanol–water partition coefficient (Wildman–Crippen LogP) is 9.63. The van der Waals surface area contributed by atoms with Crippen molar-refractivity contribution in [2.24, 2.45) is 0 Å². The standard InChI is InChI=1S/C46H38N10O6S2.2Na/c57-63(58,59)39-27-37(51-45-53-41(47-33-13-5-1-6-14-33)29-42(54-45)48-34-15-7-2-8-16-34)25-23-31(39)21-22-32-24-26-38(28-40(32)64(60,61)62)52-46-55-43(49-35-17-9-3-10-18-35)30-44(56-46)50-36-19-11-4-12-20-36;;/h1-30H,(H,57,58,59)(H,60,61,62)(H3,47,48,51,53,54)(H3,49,50,52,55,56);;. The monoisotopic (exact) mass is 936 g/mol. The number of para-hydroxylation sites is 4. The maximum Gasteiger partial charge on any atom is 0.295 e. The van der Waals surface area contributed by atoms with Gasteiger partial charge in [-0.3, -0.25) is 9.11 Å². The number of anilines is 12. The van der Waals surface area contributed by atoms with E-state index in [1.54, 1.807) is 12.1 Å². The van der Waals surface area contributed by atoms with Gasteiger partial charge in [0.05, 0.1) is 0 Å². The SMILES string of the molecule is O=S(=O)(O)c1cc(Nc2nc(Nc3ccccc3)cc(Nc3ccccc3)n2)ccc1C=Cc1ccc(Nc2nc(Nc3ccccc3)cc(Nc3ccccc3)n2)cc1S(=O)(=O)O.[Na].[Na]. The zero-order chi connectivity index (χ0) is 44.5. The minimum absolute atomic E-state index is 0. The molecule has 2 heterocycles. The van der Waals surface area contributed by atoms with Gasteiger partial charge < -0.3 is 31.9 Å². The van der Waals surface area contributed by atoms with Crippen molar-refractivity contribution in [2.75, 3.05) is 31.9 Å². The van der Waals surface area contributed by atoms with Crippen LogP contribution in [-0.2, 0) is 20.2 Å². The van der Waals surface area contributed by atoms with Gasteiger partial charge in [-0.05, 0) is 83.9 Å². The third-order valence-corrected chi connectivity index (χ3v) is 11.0. The van der Waals surface area contributed by atoms with Crippen LogP contribution in [0.2, 0.25) is 0 Å². The van der Waals surface area contributed by atoms with E-state index in [1.807, 2.05) is 121 Å². The van der Waals surface area contributed by atoms with Crippen molar-refractivity contribution in [3.63, 3.8) is 0 Å². The molecule has 8 N–H and O–H groups in total. The molecule has 0 aliphatic heterocycles. The number of nitrogens with zero attached hydrogens (tertiary/aromatic N) is 4. The molecule has 0 atom stereocenters. The molecule has 0 saturated heterocycles. The fourth-order valence-electron chi connectivity index (χ4n) is 6.32. The van der Waals surface area contributed by atoms with Gasteiger partial charge in [0.1, 0.15) is 33.1 Å². The summed E-state index contributed by atoms with van der Waals surface area (Å²) < 4.78 is 71.7. The number of hydrogen-bond donors (Lipinski definition) is 8. The molecule has 322 valence electrons. The third kappa shape index (κ3) is 13.7. The smallest absolute Gasteiger partial charge is 0.295 e. The molecule has 0 aliphatic rings. The van der Waals surface area contributed by atoms with E-state index in [2.05, 4.69) is 51.8 Å². The Labute approximate surface area is 425 Å². The second-order valence-corrected chi connectivity index (χ2v) is 16.7. The molecule has 0 spiro atoms. The van der Waals surface area contributed by atoms with Crippen molar-refractivity contribution in [1.29, 1.82) is 0 Å². The maximum atomic E-state index is 12.8. The van der Waals surface area contributed by atoms with E-state index in [1.165, 1.54) is 48.6 Å².